The van der Waals surface area contributed by atoms with E-state index in [1.807, 2.05) is 31.2 Å². The Hall–Kier alpha value is -2.30. The van der Waals surface area contributed by atoms with E-state index >= 15 is 0 Å². The minimum atomic E-state index is -0.728. The Balaban J connectivity index is 2.02. The third-order valence-electron chi connectivity index (χ3n) is 2.29. The van der Waals surface area contributed by atoms with Gasteiger partial charge in [-0.05, 0) is 25.1 Å². The van der Waals surface area contributed by atoms with E-state index in [0.717, 1.165) is 5.56 Å². The number of hydrogen-bond acceptors (Lipinski definition) is 3. The van der Waals surface area contributed by atoms with Gasteiger partial charge in [-0.2, -0.15) is 5.11 Å². The number of anilines is 1. The van der Waals surface area contributed by atoms with Gasteiger partial charge in [0.05, 0.1) is 0 Å². The molecule has 1 unspecified atom stereocenters. The lowest BCUT2D eigenvalue weighted by Gasteiger charge is -2.09. The van der Waals surface area contributed by atoms with E-state index in [1.54, 1.807) is 0 Å². The third kappa shape index (κ3) is 2.84. The molecular weight excluding hydrogens is 218 g/mol. The second-order valence-corrected chi connectivity index (χ2v) is 3.71. The molecule has 1 aromatic carbocycles. The van der Waals surface area contributed by atoms with Crippen molar-refractivity contribution in [1.29, 1.82) is 0 Å². The first-order valence-corrected chi connectivity index (χ1v) is 5.16. The lowest BCUT2D eigenvalue weighted by molar-refractivity contribution is -0.117. The van der Waals surface area contributed by atoms with Crippen LogP contribution in [0, 0.1) is 6.92 Å². The van der Waals surface area contributed by atoms with Gasteiger partial charge in [0.2, 0.25) is 0 Å². The summed E-state index contributed by atoms with van der Waals surface area (Å²) in [6, 6.07) is 6.69. The van der Waals surface area contributed by atoms with Gasteiger partial charge in [-0.3, -0.25) is 9.59 Å². The molecule has 0 aliphatic carbocycles. The number of rotatable bonds is 2. The maximum atomic E-state index is 11.7. The molecular formula is C12H11N3O2. The molecule has 0 spiro atoms. The fraction of sp³-hybridized carbons (Fsp3) is 0.167. The summed E-state index contributed by atoms with van der Waals surface area (Å²) in [4.78, 5) is 22.5. The molecule has 0 bridgehead atoms. The Morgan fingerprint density at radius 3 is 2.59 bits per heavy atom. The lowest BCUT2D eigenvalue weighted by Crippen LogP contribution is -2.25. The molecule has 1 aliphatic heterocycles. The minimum absolute atomic E-state index is 0.304. The highest BCUT2D eigenvalue weighted by Crippen LogP contribution is 2.11. The van der Waals surface area contributed by atoms with Crippen LogP contribution < -0.4 is 5.32 Å². The van der Waals surface area contributed by atoms with Crippen molar-refractivity contribution in [2.24, 2.45) is 10.2 Å². The van der Waals surface area contributed by atoms with Crippen LogP contribution in [-0.2, 0) is 9.59 Å². The number of nitrogens with zero attached hydrogens (tertiary/aromatic N) is 2. The Morgan fingerprint density at radius 2 is 2.00 bits per heavy atom. The van der Waals surface area contributed by atoms with Crippen molar-refractivity contribution >= 4 is 17.5 Å². The van der Waals surface area contributed by atoms with Gasteiger partial charge in [-0.1, -0.05) is 17.7 Å². The van der Waals surface area contributed by atoms with Crippen molar-refractivity contribution in [3.8, 4) is 0 Å². The van der Waals surface area contributed by atoms with E-state index in [1.165, 1.54) is 12.2 Å². The minimum Gasteiger partial charge on any atom is -0.324 e. The predicted octanol–water partition coefficient (Wildman–Crippen LogP) is 1.85. The van der Waals surface area contributed by atoms with E-state index in [9.17, 15) is 9.59 Å². The normalized spacial score (nSPS) is 18.2. The highest BCUT2D eigenvalue weighted by molar-refractivity contribution is 5.98. The number of benzene rings is 1. The molecule has 1 aliphatic rings. The Kier molecular flexibility index (Phi) is 3.09. The first-order chi connectivity index (χ1) is 8.15. The molecule has 0 saturated heterocycles. The van der Waals surface area contributed by atoms with Crippen LogP contribution in [0.1, 0.15) is 5.56 Å². The average molecular weight is 229 g/mol. The zero-order valence-corrected chi connectivity index (χ0v) is 9.25. The molecule has 1 atom stereocenters. The van der Waals surface area contributed by atoms with Gasteiger partial charge >= 0.3 is 0 Å². The maximum absolute atomic E-state index is 11.7. The van der Waals surface area contributed by atoms with Crippen molar-refractivity contribution in [1.82, 2.24) is 0 Å². The van der Waals surface area contributed by atoms with Crippen molar-refractivity contribution in [2.45, 2.75) is 13.0 Å². The molecule has 86 valence electrons. The molecule has 2 amide bonds. The highest BCUT2D eigenvalue weighted by atomic mass is 16.2. The lowest BCUT2D eigenvalue weighted by atomic mass is 10.2. The Labute approximate surface area is 98.2 Å². The van der Waals surface area contributed by atoms with Gasteiger partial charge < -0.3 is 5.32 Å². The summed E-state index contributed by atoms with van der Waals surface area (Å²) >= 11 is 0. The predicted molar refractivity (Wildman–Crippen MR) is 62.6 cm³/mol. The summed E-state index contributed by atoms with van der Waals surface area (Å²) < 4.78 is 0. The highest BCUT2D eigenvalue weighted by Gasteiger charge is 2.18. The van der Waals surface area contributed by atoms with Crippen molar-refractivity contribution in [3.63, 3.8) is 0 Å². The van der Waals surface area contributed by atoms with Crippen molar-refractivity contribution in [3.05, 3.63) is 42.0 Å². The van der Waals surface area contributed by atoms with Crippen molar-refractivity contribution < 1.29 is 9.59 Å². The van der Waals surface area contributed by atoms with Crippen LogP contribution in [0.25, 0.3) is 0 Å². The standard InChI is InChI=1S/C12H11N3O2/c1-8-2-4-9(5-3-8)13-12(17)10-6-7-11(16)15-14-10/h2-7,10H,1H3,(H,13,17). The zero-order valence-electron chi connectivity index (χ0n) is 9.25. The van der Waals surface area contributed by atoms with Gasteiger partial charge in [0, 0.05) is 11.8 Å². The van der Waals surface area contributed by atoms with Crippen LogP contribution in [0.15, 0.2) is 46.6 Å². The maximum Gasteiger partial charge on any atom is 0.287 e. The molecule has 1 aromatic rings. The summed E-state index contributed by atoms with van der Waals surface area (Å²) in [5, 5.41) is 9.63. The molecule has 5 heteroatoms. The summed E-state index contributed by atoms with van der Waals surface area (Å²) in [6.07, 6.45) is 2.67. The second-order valence-electron chi connectivity index (χ2n) is 3.71. The topological polar surface area (TPSA) is 70.9 Å². The SMILES string of the molecule is Cc1ccc(NC(=O)C2C=CC(=O)N=N2)cc1. The van der Waals surface area contributed by atoms with Crippen molar-refractivity contribution in [2.75, 3.05) is 5.32 Å². The summed E-state index contributed by atoms with van der Waals surface area (Å²) in [6.45, 7) is 1.97. The average Bonchev–Trinajstić information content (AvgIpc) is 2.33. The van der Waals surface area contributed by atoms with E-state index in [2.05, 4.69) is 15.5 Å². The molecule has 0 saturated carbocycles. The monoisotopic (exact) mass is 229 g/mol. The Morgan fingerprint density at radius 1 is 1.29 bits per heavy atom. The molecule has 2 rings (SSSR count). The summed E-state index contributed by atoms with van der Waals surface area (Å²) in [7, 11) is 0. The molecule has 17 heavy (non-hydrogen) atoms. The first-order valence-electron chi connectivity index (χ1n) is 5.16. The number of hydrogen-bond donors (Lipinski definition) is 1. The largest absolute Gasteiger partial charge is 0.324 e. The molecule has 0 fully saturated rings. The smallest absolute Gasteiger partial charge is 0.287 e. The van der Waals surface area contributed by atoms with Crippen LogP contribution in [0.2, 0.25) is 0 Å². The Bertz CT molecular complexity index is 487. The molecule has 1 heterocycles. The first kappa shape index (κ1) is 11.2. The van der Waals surface area contributed by atoms with Gasteiger partial charge in [-0.15, -0.1) is 5.11 Å². The van der Waals surface area contributed by atoms with E-state index in [4.69, 9.17) is 0 Å². The van der Waals surface area contributed by atoms with Gasteiger partial charge in [0.25, 0.3) is 11.8 Å². The summed E-state index contributed by atoms with van der Waals surface area (Å²) in [5.74, 6) is -0.745. The van der Waals surface area contributed by atoms with Crippen LogP contribution >= 0.6 is 0 Å². The van der Waals surface area contributed by atoms with Crippen LogP contribution in [0.3, 0.4) is 0 Å². The fourth-order valence-electron chi connectivity index (χ4n) is 1.36. The van der Waals surface area contributed by atoms with Crippen LogP contribution in [0.4, 0.5) is 5.69 Å². The fourth-order valence-corrected chi connectivity index (χ4v) is 1.36. The molecule has 0 aromatic heterocycles. The molecule has 0 radical (unpaired) electrons. The summed E-state index contributed by atoms with van der Waals surface area (Å²) in [5.41, 5.74) is 1.81. The van der Waals surface area contributed by atoms with E-state index in [-0.39, 0.29) is 5.91 Å². The van der Waals surface area contributed by atoms with E-state index in [0.29, 0.717) is 5.69 Å². The second kappa shape index (κ2) is 4.69. The number of carbonyl (C=O) groups excluding carboxylic acids is 2. The van der Waals surface area contributed by atoms with Gasteiger partial charge in [0.15, 0.2) is 6.04 Å². The molecule has 5 nitrogen and oxygen atoms in total. The van der Waals surface area contributed by atoms with Gasteiger partial charge in [-0.25, -0.2) is 0 Å². The molecule has 1 N–H and O–H groups in total. The number of amides is 2. The number of aryl methyl sites for hydroxylation is 1. The number of nitrogens with one attached hydrogen (secondary N) is 1. The number of carbonyl (C=O) groups is 2. The van der Waals surface area contributed by atoms with Crippen LogP contribution in [0.5, 0.6) is 0 Å². The third-order valence-corrected chi connectivity index (χ3v) is 2.29. The quantitative estimate of drug-likeness (QED) is 0.840. The van der Waals surface area contributed by atoms with E-state index < -0.39 is 11.9 Å². The van der Waals surface area contributed by atoms with Gasteiger partial charge in [0.1, 0.15) is 0 Å². The zero-order chi connectivity index (χ0) is 12.3. The van der Waals surface area contributed by atoms with Crippen LogP contribution in [-0.4, -0.2) is 17.9 Å². The number of azo groups is 1.